The highest BCUT2D eigenvalue weighted by Gasteiger charge is 2.48. The molecule has 2 aliphatic heterocycles. The molecule has 10 heteroatoms. The largest absolute Gasteiger partial charge is 0.486 e. The van der Waals surface area contributed by atoms with Crippen molar-refractivity contribution in [2.45, 2.75) is 35.7 Å². The number of ether oxygens (including phenoxy) is 2. The normalized spacial score (nSPS) is 25.7. The zero-order chi connectivity index (χ0) is 18.6. The predicted molar refractivity (Wildman–Crippen MR) is 91.0 cm³/mol. The van der Waals surface area contributed by atoms with Crippen LogP contribution in [0.1, 0.15) is 36.9 Å². The summed E-state index contributed by atoms with van der Waals surface area (Å²) in [5.74, 6) is 1.58. The first-order valence-electron chi connectivity index (χ1n) is 8.93. The summed E-state index contributed by atoms with van der Waals surface area (Å²) in [5, 5.41) is 14.9. The van der Waals surface area contributed by atoms with Gasteiger partial charge in [0, 0.05) is 18.9 Å². The Hall–Kier alpha value is -2.17. The first kappa shape index (κ1) is 17.0. The summed E-state index contributed by atoms with van der Waals surface area (Å²) in [6.07, 6.45) is 2.21. The van der Waals surface area contributed by atoms with Gasteiger partial charge in [0.05, 0.1) is 6.54 Å². The van der Waals surface area contributed by atoms with E-state index in [1.54, 1.807) is 12.1 Å². The number of sulfonamides is 1. The van der Waals surface area contributed by atoms with Crippen molar-refractivity contribution in [3.63, 3.8) is 0 Å². The fourth-order valence-electron chi connectivity index (χ4n) is 3.46. The second kappa shape index (κ2) is 5.91. The van der Waals surface area contributed by atoms with E-state index in [1.165, 1.54) is 10.4 Å². The van der Waals surface area contributed by atoms with Crippen molar-refractivity contribution in [3.05, 3.63) is 29.9 Å². The highest BCUT2D eigenvalue weighted by molar-refractivity contribution is 7.89. The Bertz CT molecular complexity index is 986. The minimum Gasteiger partial charge on any atom is -0.486 e. The lowest BCUT2D eigenvalue weighted by atomic mass is 10.0. The van der Waals surface area contributed by atoms with E-state index in [0.29, 0.717) is 24.1 Å². The van der Waals surface area contributed by atoms with Gasteiger partial charge in [-0.1, -0.05) is 11.2 Å². The zero-order valence-electron chi connectivity index (χ0n) is 14.5. The van der Waals surface area contributed by atoms with E-state index in [2.05, 4.69) is 10.1 Å². The number of benzene rings is 1. The van der Waals surface area contributed by atoms with E-state index < -0.39 is 15.6 Å². The molecule has 3 aliphatic rings. The fourth-order valence-corrected chi connectivity index (χ4v) is 5.10. The van der Waals surface area contributed by atoms with Crippen LogP contribution in [0.4, 0.5) is 0 Å². The minimum atomic E-state index is -3.88. The molecule has 144 valence electrons. The third-order valence-corrected chi connectivity index (χ3v) is 7.01. The second-order valence-corrected chi connectivity index (χ2v) is 9.04. The first-order chi connectivity index (χ1) is 13.0. The third kappa shape index (κ3) is 2.79. The molecule has 2 fully saturated rings. The van der Waals surface area contributed by atoms with Crippen LogP contribution in [0.25, 0.3) is 0 Å². The van der Waals surface area contributed by atoms with Gasteiger partial charge < -0.3 is 19.1 Å². The SMILES string of the molecule is O=S(=O)(c1cccc2c1OCCO2)N1CCC(O)(c2nc(C3CC3)no2)C1. The molecule has 27 heavy (non-hydrogen) atoms. The quantitative estimate of drug-likeness (QED) is 0.818. The van der Waals surface area contributed by atoms with E-state index in [4.69, 9.17) is 14.0 Å². The Morgan fingerprint density at radius 2 is 2.04 bits per heavy atom. The molecule has 2 aromatic rings. The molecular formula is C17H19N3O6S. The first-order valence-corrected chi connectivity index (χ1v) is 10.4. The van der Waals surface area contributed by atoms with E-state index in [9.17, 15) is 13.5 Å². The molecule has 1 saturated carbocycles. The number of rotatable bonds is 4. The number of β-amino-alcohol motifs (C(OH)–C–C–N with tert-alkyl or cyclic N) is 1. The fraction of sp³-hybridized carbons (Fsp3) is 0.529. The van der Waals surface area contributed by atoms with Crippen LogP contribution < -0.4 is 9.47 Å². The molecule has 1 aromatic heterocycles. The van der Waals surface area contributed by atoms with E-state index >= 15 is 0 Å². The Labute approximate surface area is 155 Å². The van der Waals surface area contributed by atoms with E-state index in [1.807, 2.05) is 0 Å². The van der Waals surface area contributed by atoms with Crippen molar-refractivity contribution in [1.82, 2.24) is 14.4 Å². The average Bonchev–Trinajstić information content (AvgIpc) is 3.24. The number of nitrogens with zero attached hydrogens (tertiary/aromatic N) is 3. The highest BCUT2D eigenvalue weighted by Crippen LogP contribution is 2.42. The van der Waals surface area contributed by atoms with Crippen LogP contribution in [0.3, 0.4) is 0 Å². The number of fused-ring (bicyclic) bond motifs is 1. The maximum Gasteiger partial charge on any atom is 0.260 e. The molecule has 0 amide bonds. The molecular weight excluding hydrogens is 374 g/mol. The van der Waals surface area contributed by atoms with Gasteiger partial charge in [0.1, 0.15) is 18.1 Å². The zero-order valence-corrected chi connectivity index (χ0v) is 15.3. The van der Waals surface area contributed by atoms with E-state index in [-0.39, 0.29) is 42.7 Å². The minimum absolute atomic E-state index is 0.0353. The molecule has 5 rings (SSSR count). The molecule has 1 aliphatic carbocycles. The number of hydrogen-bond donors (Lipinski definition) is 1. The number of hydrogen-bond acceptors (Lipinski definition) is 8. The van der Waals surface area contributed by atoms with Crippen molar-refractivity contribution >= 4 is 10.0 Å². The highest BCUT2D eigenvalue weighted by atomic mass is 32.2. The molecule has 1 atom stereocenters. The van der Waals surface area contributed by atoms with Gasteiger partial charge in [-0.25, -0.2) is 8.42 Å². The van der Waals surface area contributed by atoms with Gasteiger partial charge in [0.2, 0.25) is 10.0 Å². The summed E-state index contributed by atoms with van der Waals surface area (Å²) in [4.78, 5) is 4.33. The van der Waals surface area contributed by atoms with Crippen LogP contribution in [0.2, 0.25) is 0 Å². The Morgan fingerprint density at radius 3 is 2.85 bits per heavy atom. The Kier molecular flexibility index (Phi) is 3.72. The summed E-state index contributed by atoms with van der Waals surface area (Å²) in [6, 6.07) is 4.77. The monoisotopic (exact) mass is 393 g/mol. The number of para-hydroxylation sites is 1. The van der Waals surface area contributed by atoms with Gasteiger partial charge in [0.25, 0.3) is 5.89 Å². The number of aromatic nitrogens is 2. The molecule has 1 unspecified atom stereocenters. The van der Waals surface area contributed by atoms with Gasteiger partial charge in [-0.2, -0.15) is 9.29 Å². The van der Waals surface area contributed by atoms with Crippen molar-refractivity contribution < 1.29 is 27.5 Å². The van der Waals surface area contributed by atoms with Gasteiger partial charge in [-0.15, -0.1) is 0 Å². The van der Waals surface area contributed by atoms with Crippen LogP contribution in [0.15, 0.2) is 27.6 Å². The average molecular weight is 393 g/mol. The topological polar surface area (TPSA) is 115 Å². The van der Waals surface area contributed by atoms with Gasteiger partial charge in [-0.05, 0) is 25.0 Å². The van der Waals surface area contributed by atoms with Gasteiger partial charge >= 0.3 is 0 Å². The van der Waals surface area contributed by atoms with Crippen LogP contribution >= 0.6 is 0 Å². The lowest BCUT2D eigenvalue weighted by Gasteiger charge is -2.24. The lowest BCUT2D eigenvalue weighted by molar-refractivity contribution is 0.0194. The van der Waals surface area contributed by atoms with Gasteiger partial charge in [0.15, 0.2) is 22.9 Å². The molecule has 0 spiro atoms. The molecule has 9 nitrogen and oxygen atoms in total. The summed E-state index contributed by atoms with van der Waals surface area (Å²) >= 11 is 0. The van der Waals surface area contributed by atoms with Crippen LogP contribution in [-0.2, 0) is 15.6 Å². The smallest absolute Gasteiger partial charge is 0.260 e. The molecule has 0 radical (unpaired) electrons. The molecule has 3 heterocycles. The molecule has 1 N–H and O–H groups in total. The lowest BCUT2D eigenvalue weighted by Crippen LogP contribution is -2.35. The third-order valence-electron chi connectivity index (χ3n) is 5.14. The second-order valence-electron chi connectivity index (χ2n) is 7.13. The van der Waals surface area contributed by atoms with Gasteiger partial charge in [-0.3, -0.25) is 0 Å². The summed E-state index contributed by atoms with van der Waals surface area (Å²) < 4.78 is 43.8. The van der Waals surface area contributed by atoms with Crippen LogP contribution in [0.5, 0.6) is 11.5 Å². The maximum absolute atomic E-state index is 13.2. The van der Waals surface area contributed by atoms with Crippen LogP contribution in [0, 0.1) is 0 Å². The number of aliphatic hydroxyl groups is 1. The van der Waals surface area contributed by atoms with Crippen molar-refractivity contribution in [3.8, 4) is 11.5 Å². The molecule has 0 bridgehead atoms. The predicted octanol–water partition coefficient (Wildman–Crippen LogP) is 1.00. The Morgan fingerprint density at radius 1 is 1.22 bits per heavy atom. The summed E-state index contributed by atoms with van der Waals surface area (Å²) in [5.41, 5.74) is -1.49. The van der Waals surface area contributed by atoms with E-state index in [0.717, 1.165) is 12.8 Å². The maximum atomic E-state index is 13.2. The standard InChI is InChI=1S/C17H19N3O6S/c21-17(16-18-15(19-26-16)11-4-5-11)6-7-20(10-17)27(22,23)13-3-1-2-12-14(13)25-9-8-24-12/h1-3,11,21H,4-10H2. The van der Waals surface area contributed by atoms with Crippen LogP contribution in [-0.4, -0.2) is 54.3 Å². The summed E-state index contributed by atoms with van der Waals surface area (Å²) in [7, 11) is -3.88. The van der Waals surface area contributed by atoms with Crippen molar-refractivity contribution in [2.75, 3.05) is 26.3 Å². The summed E-state index contributed by atoms with van der Waals surface area (Å²) in [6.45, 7) is 0.659. The van der Waals surface area contributed by atoms with Crippen molar-refractivity contribution in [1.29, 1.82) is 0 Å². The van der Waals surface area contributed by atoms with Crippen molar-refractivity contribution in [2.24, 2.45) is 0 Å². The molecule has 1 aromatic carbocycles. The Balaban J connectivity index is 1.43. The molecule has 1 saturated heterocycles.